The molecule has 6 nitrogen and oxygen atoms in total. The Kier molecular flexibility index (Phi) is 5.84. The Hall–Kier alpha value is -4.00. The highest BCUT2D eigenvalue weighted by molar-refractivity contribution is 6.46. The van der Waals surface area contributed by atoms with Crippen molar-refractivity contribution in [2.24, 2.45) is 0 Å². The Morgan fingerprint density at radius 2 is 1.97 bits per heavy atom. The van der Waals surface area contributed by atoms with Gasteiger partial charge in [0.05, 0.1) is 18.2 Å². The van der Waals surface area contributed by atoms with Gasteiger partial charge in [-0.3, -0.25) is 14.6 Å². The lowest BCUT2D eigenvalue weighted by Gasteiger charge is -2.25. The standard InChI is InChI=1S/C27H23FN2O4/c28-21-8-5-17(6-9-21)11-13-30-24(20-3-1-12-29-16-20)23(26(32)27(30)33)25(31)19-7-10-22-18(15-19)4-2-14-34-22/h1,3,5-10,12,15-16,24,31H,2,4,11,13-14H2/b25-23-. The van der Waals surface area contributed by atoms with Crippen molar-refractivity contribution in [3.8, 4) is 5.75 Å². The summed E-state index contributed by atoms with van der Waals surface area (Å²) in [4.78, 5) is 31.8. The number of benzene rings is 2. The first kappa shape index (κ1) is 21.8. The number of aliphatic hydroxyl groups excluding tert-OH is 1. The molecule has 0 saturated carbocycles. The number of hydrogen-bond acceptors (Lipinski definition) is 5. The van der Waals surface area contributed by atoms with Gasteiger partial charge in [0, 0.05) is 24.5 Å². The number of rotatable bonds is 5. The van der Waals surface area contributed by atoms with Crippen molar-refractivity contribution >= 4 is 17.4 Å². The van der Waals surface area contributed by atoms with Gasteiger partial charge in [0.25, 0.3) is 11.7 Å². The first-order valence-corrected chi connectivity index (χ1v) is 11.2. The molecule has 172 valence electrons. The summed E-state index contributed by atoms with van der Waals surface area (Å²) in [7, 11) is 0. The zero-order chi connectivity index (χ0) is 23.7. The molecule has 1 N–H and O–H groups in total. The van der Waals surface area contributed by atoms with E-state index in [9.17, 15) is 19.1 Å². The molecule has 1 atom stereocenters. The minimum Gasteiger partial charge on any atom is -0.507 e. The fourth-order valence-electron chi connectivity index (χ4n) is 4.56. The number of Topliss-reactive ketones (excluding diaryl/α,β-unsaturated/α-hetero) is 1. The zero-order valence-electron chi connectivity index (χ0n) is 18.4. The van der Waals surface area contributed by atoms with Crippen LogP contribution in [-0.4, -0.2) is 39.8 Å². The largest absolute Gasteiger partial charge is 0.507 e. The summed E-state index contributed by atoms with van der Waals surface area (Å²) in [5.41, 5.74) is 2.92. The Bertz CT molecular complexity index is 1270. The lowest BCUT2D eigenvalue weighted by molar-refractivity contribution is -0.139. The average Bonchev–Trinajstić information content (AvgIpc) is 3.13. The van der Waals surface area contributed by atoms with E-state index < -0.39 is 17.7 Å². The van der Waals surface area contributed by atoms with Crippen molar-refractivity contribution in [2.45, 2.75) is 25.3 Å². The van der Waals surface area contributed by atoms with Crippen LogP contribution >= 0.6 is 0 Å². The van der Waals surface area contributed by atoms with Gasteiger partial charge in [-0.05, 0) is 72.4 Å². The number of aromatic nitrogens is 1. The smallest absolute Gasteiger partial charge is 0.295 e. The molecule has 1 aromatic heterocycles. The molecule has 3 aromatic rings. The van der Waals surface area contributed by atoms with Gasteiger partial charge in [-0.1, -0.05) is 18.2 Å². The van der Waals surface area contributed by atoms with E-state index in [4.69, 9.17) is 4.74 Å². The summed E-state index contributed by atoms with van der Waals surface area (Å²) in [5.74, 6) is -1.20. The van der Waals surface area contributed by atoms with Crippen LogP contribution in [0.25, 0.3) is 5.76 Å². The molecule has 1 fully saturated rings. The van der Waals surface area contributed by atoms with Crippen LogP contribution < -0.4 is 4.74 Å². The molecule has 0 aliphatic carbocycles. The molecule has 3 heterocycles. The maximum Gasteiger partial charge on any atom is 0.295 e. The summed E-state index contributed by atoms with van der Waals surface area (Å²) in [6.07, 6.45) is 5.32. The highest BCUT2D eigenvalue weighted by Crippen LogP contribution is 2.40. The number of carbonyl (C=O) groups excluding carboxylic acids is 2. The van der Waals surface area contributed by atoms with Crippen LogP contribution in [0.2, 0.25) is 0 Å². The van der Waals surface area contributed by atoms with E-state index in [1.54, 1.807) is 48.8 Å². The van der Waals surface area contributed by atoms with E-state index in [1.165, 1.54) is 17.0 Å². The van der Waals surface area contributed by atoms with Crippen LogP contribution in [0.1, 0.15) is 34.7 Å². The number of halogens is 1. The van der Waals surface area contributed by atoms with Gasteiger partial charge < -0.3 is 14.7 Å². The van der Waals surface area contributed by atoms with Gasteiger partial charge in [-0.15, -0.1) is 0 Å². The molecule has 0 radical (unpaired) electrons. The summed E-state index contributed by atoms with van der Waals surface area (Å²) < 4.78 is 18.9. The van der Waals surface area contributed by atoms with Gasteiger partial charge in [0.1, 0.15) is 17.3 Å². The Morgan fingerprint density at radius 3 is 2.74 bits per heavy atom. The van der Waals surface area contributed by atoms with Gasteiger partial charge in [-0.25, -0.2) is 4.39 Å². The second-order valence-corrected chi connectivity index (χ2v) is 8.43. The number of ether oxygens (including phenoxy) is 1. The third-order valence-corrected chi connectivity index (χ3v) is 6.28. The number of aliphatic hydroxyl groups is 1. The van der Waals surface area contributed by atoms with E-state index in [2.05, 4.69) is 4.98 Å². The van der Waals surface area contributed by atoms with Crippen molar-refractivity contribution in [1.82, 2.24) is 9.88 Å². The van der Waals surface area contributed by atoms with Crippen LogP contribution in [0.3, 0.4) is 0 Å². The number of pyridine rings is 1. The first-order chi connectivity index (χ1) is 16.5. The van der Waals surface area contributed by atoms with E-state index >= 15 is 0 Å². The summed E-state index contributed by atoms with van der Waals surface area (Å²) in [6, 6.07) is 14.1. The molecular weight excluding hydrogens is 435 g/mol. The number of fused-ring (bicyclic) bond motifs is 1. The van der Waals surface area contributed by atoms with E-state index in [1.807, 2.05) is 6.07 Å². The molecular formula is C27H23FN2O4. The second kappa shape index (κ2) is 9.09. The average molecular weight is 458 g/mol. The van der Waals surface area contributed by atoms with Crippen molar-refractivity contribution < 1.29 is 23.8 Å². The number of ketones is 1. The third-order valence-electron chi connectivity index (χ3n) is 6.28. The molecule has 0 spiro atoms. The number of aryl methyl sites for hydroxylation is 1. The molecule has 2 aliphatic heterocycles. The monoisotopic (exact) mass is 458 g/mol. The molecule has 1 saturated heterocycles. The third kappa shape index (κ3) is 4.05. The van der Waals surface area contributed by atoms with Crippen LogP contribution in [0, 0.1) is 5.82 Å². The maximum absolute atomic E-state index is 13.3. The summed E-state index contributed by atoms with van der Waals surface area (Å²) in [5, 5.41) is 11.3. The van der Waals surface area contributed by atoms with Gasteiger partial charge >= 0.3 is 0 Å². The lowest BCUT2D eigenvalue weighted by atomic mass is 9.94. The van der Waals surface area contributed by atoms with Gasteiger partial charge in [0.15, 0.2) is 0 Å². The minimum absolute atomic E-state index is 0.0359. The predicted molar refractivity (Wildman–Crippen MR) is 124 cm³/mol. The minimum atomic E-state index is -0.776. The number of hydrogen-bond donors (Lipinski definition) is 1. The zero-order valence-corrected chi connectivity index (χ0v) is 18.4. The maximum atomic E-state index is 13.3. The fourth-order valence-corrected chi connectivity index (χ4v) is 4.56. The lowest BCUT2D eigenvalue weighted by Crippen LogP contribution is -2.31. The van der Waals surface area contributed by atoms with Crippen LogP contribution in [0.5, 0.6) is 5.75 Å². The normalized spacial score (nSPS) is 19.1. The molecule has 7 heteroatoms. The summed E-state index contributed by atoms with van der Waals surface area (Å²) >= 11 is 0. The molecule has 0 bridgehead atoms. The van der Waals surface area contributed by atoms with Gasteiger partial charge in [0.2, 0.25) is 0 Å². The number of likely N-dealkylation sites (tertiary alicyclic amines) is 1. The predicted octanol–water partition coefficient (Wildman–Crippen LogP) is 4.21. The van der Waals surface area contributed by atoms with Gasteiger partial charge in [-0.2, -0.15) is 0 Å². The molecule has 1 unspecified atom stereocenters. The van der Waals surface area contributed by atoms with Crippen molar-refractivity contribution in [3.63, 3.8) is 0 Å². The highest BCUT2D eigenvalue weighted by atomic mass is 19.1. The summed E-state index contributed by atoms with van der Waals surface area (Å²) in [6.45, 7) is 0.878. The van der Waals surface area contributed by atoms with Crippen molar-refractivity contribution in [1.29, 1.82) is 0 Å². The van der Waals surface area contributed by atoms with Crippen molar-refractivity contribution in [2.75, 3.05) is 13.2 Å². The fraction of sp³-hybridized carbons (Fsp3) is 0.222. The first-order valence-electron chi connectivity index (χ1n) is 11.2. The molecule has 2 aromatic carbocycles. The number of amides is 1. The SMILES string of the molecule is O=C1C(=O)N(CCc2ccc(F)cc2)C(c2cccnc2)/C1=C(/O)c1ccc2c(c1)CCCO2. The second-order valence-electron chi connectivity index (χ2n) is 8.43. The molecule has 2 aliphatic rings. The number of carbonyl (C=O) groups is 2. The Labute approximate surface area is 196 Å². The van der Waals surface area contributed by atoms with Crippen LogP contribution in [0.15, 0.2) is 72.6 Å². The molecule has 5 rings (SSSR count). The molecule has 34 heavy (non-hydrogen) atoms. The number of nitrogens with zero attached hydrogens (tertiary/aromatic N) is 2. The van der Waals surface area contributed by atoms with Crippen molar-refractivity contribution in [3.05, 3.63) is 101 Å². The quantitative estimate of drug-likeness (QED) is 0.352. The Morgan fingerprint density at radius 1 is 1.15 bits per heavy atom. The van der Waals surface area contributed by atoms with Crippen LogP contribution in [0.4, 0.5) is 4.39 Å². The highest BCUT2D eigenvalue weighted by Gasteiger charge is 2.46. The Balaban J connectivity index is 1.54. The van der Waals surface area contributed by atoms with E-state index in [0.717, 1.165) is 29.7 Å². The molecule has 1 amide bonds. The van der Waals surface area contributed by atoms with E-state index in [0.29, 0.717) is 24.2 Å². The topological polar surface area (TPSA) is 79.7 Å². The van der Waals surface area contributed by atoms with Crippen LogP contribution in [-0.2, 0) is 22.4 Å². The van der Waals surface area contributed by atoms with E-state index in [-0.39, 0.29) is 23.7 Å².